The van der Waals surface area contributed by atoms with Gasteiger partial charge >= 0.3 is 12.1 Å². The number of hydrogen-bond donors (Lipinski definition) is 2. The largest absolute Gasteiger partial charge is 0.507 e. The van der Waals surface area contributed by atoms with Crippen LogP contribution in [-0.4, -0.2) is 79.3 Å². The molecule has 0 aliphatic heterocycles. The lowest BCUT2D eigenvalue weighted by Crippen LogP contribution is -2.22. The summed E-state index contributed by atoms with van der Waals surface area (Å²) in [5, 5.41) is 19.7. The number of ether oxygens (including phenoxy) is 5. The van der Waals surface area contributed by atoms with Crippen molar-refractivity contribution in [1.82, 2.24) is 0 Å². The molecular weight excluding hydrogens is 846 g/mol. The zero-order chi connectivity index (χ0) is 46.9. The predicted octanol–water partition coefficient (Wildman–Crippen LogP) is 7.15. The number of aromatic hydroxyl groups is 2. The third kappa shape index (κ3) is 12.8. The highest BCUT2D eigenvalue weighted by atomic mass is 19.1. The number of benzene rings is 4. The first kappa shape index (κ1) is 48.8. The monoisotopic (exact) mass is 888 g/mol. The summed E-state index contributed by atoms with van der Waals surface area (Å²) < 4.78 is 66.4. The fourth-order valence-electron chi connectivity index (χ4n) is 5.93. The third-order valence-corrected chi connectivity index (χ3v) is 8.70. The minimum absolute atomic E-state index is 0.0209. The summed E-state index contributed by atoms with van der Waals surface area (Å²) >= 11 is 0. The molecule has 4 aromatic carbocycles. The quantitative estimate of drug-likeness (QED) is 0.0684. The molecule has 0 aliphatic carbocycles. The van der Waals surface area contributed by atoms with Gasteiger partial charge in [-0.2, -0.15) is 9.59 Å². The summed E-state index contributed by atoms with van der Waals surface area (Å²) in [4.78, 5) is 76.3. The molecule has 0 spiro atoms. The molecule has 1 atom stereocenters. The molecule has 2 aromatic heterocycles. The smallest absolute Gasteiger partial charge is 0.374 e. The molecular formula is C46H42F2O16. The number of phenols is 2. The van der Waals surface area contributed by atoms with E-state index in [1.165, 1.54) is 68.4 Å². The molecule has 0 fully saturated rings. The predicted molar refractivity (Wildman–Crippen MR) is 223 cm³/mol. The van der Waals surface area contributed by atoms with Crippen LogP contribution in [0.1, 0.15) is 64.7 Å². The van der Waals surface area contributed by atoms with Gasteiger partial charge in [-0.3, -0.25) is 19.2 Å². The minimum Gasteiger partial charge on any atom is -0.507 e. The van der Waals surface area contributed by atoms with Crippen molar-refractivity contribution in [2.24, 2.45) is 0 Å². The summed E-state index contributed by atoms with van der Waals surface area (Å²) in [7, 11) is 0. The fraction of sp³-hybridized carbons (Fsp3) is 0.261. The van der Waals surface area contributed by atoms with Crippen LogP contribution >= 0.6 is 0 Å². The number of hydrogen-bond acceptors (Lipinski definition) is 16. The number of rotatable bonds is 17. The van der Waals surface area contributed by atoms with Gasteiger partial charge in [0.1, 0.15) is 99.8 Å². The van der Waals surface area contributed by atoms with E-state index in [4.69, 9.17) is 42.1 Å². The number of carbonyl (C=O) groups excluding carboxylic acids is 5. The average molecular weight is 889 g/mol. The Morgan fingerprint density at radius 3 is 1.44 bits per heavy atom. The highest BCUT2D eigenvalue weighted by Crippen LogP contribution is 2.30. The number of carbonyl (C=O) groups is 3. The van der Waals surface area contributed by atoms with Crippen molar-refractivity contribution in [1.29, 1.82) is 0 Å². The Kier molecular flexibility index (Phi) is 17.8. The Morgan fingerprint density at radius 1 is 0.625 bits per heavy atom. The molecule has 336 valence electrons. The maximum absolute atomic E-state index is 14.6. The molecule has 64 heavy (non-hydrogen) atoms. The molecule has 6 rings (SSSR count). The summed E-state index contributed by atoms with van der Waals surface area (Å²) in [5.74, 6) is -1.29. The summed E-state index contributed by atoms with van der Waals surface area (Å²) in [6.07, 6.45) is -2.33. The van der Waals surface area contributed by atoms with E-state index in [1.807, 2.05) is 6.92 Å². The first-order valence-electron chi connectivity index (χ1n) is 19.4. The fourth-order valence-corrected chi connectivity index (χ4v) is 5.93. The first-order valence-corrected chi connectivity index (χ1v) is 19.4. The number of aryl methyl sites for hydroxylation is 1. The van der Waals surface area contributed by atoms with Crippen molar-refractivity contribution in [2.75, 3.05) is 33.0 Å². The molecule has 0 bridgehead atoms. The lowest BCUT2D eigenvalue weighted by atomic mass is 10.1. The van der Waals surface area contributed by atoms with Crippen molar-refractivity contribution in [3.8, 4) is 34.5 Å². The maximum atomic E-state index is 14.6. The molecule has 2 N–H and O–H groups in total. The topological polar surface area (TPSA) is 232 Å². The lowest BCUT2D eigenvalue weighted by Gasteiger charge is -2.15. The van der Waals surface area contributed by atoms with Crippen molar-refractivity contribution in [3.05, 3.63) is 128 Å². The zero-order valence-electron chi connectivity index (χ0n) is 34.8. The second kappa shape index (κ2) is 23.4. The third-order valence-electron chi connectivity index (χ3n) is 8.70. The molecule has 0 saturated carbocycles. The Labute approximate surface area is 362 Å². The average Bonchev–Trinajstić information content (AvgIpc) is 3.26. The van der Waals surface area contributed by atoms with Gasteiger partial charge in [-0.15, -0.1) is 0 Å². The highest BCUT2D eigenvalue weighted by Gasteiger charge is 2.20. The van der Waals surface area contributed by atoms with Crippen molar-refractivity contribution in [2.45, 2.75) is 46.5 Å². The van der Waals surface area contributed by atoms with E-state index in [2.05, 4.69) is 0 Å². The zero-order valence-corrected chi connectivity index (χ0v) is 34.8. The Balaban J connectivity index is 0.000000275. The minimum atomic E-state index is -1.58. The number of esters is 1. The van der Waals surface area contributed by atoms with Crippen LogP contribution in [0.4, 0.5) is 8.78 Å². The molecule has 0 radical (unpaired) electrons. The van der Waals surface area contributed by atoms with E-state index < -0.39 is 55.1 Å². The molecule has 2 heterocycles. The van der Waals surface area contributed by atoms with Gasteiger partial charge in [0.05, 0.1) is 6.61 Å². The van der Waals surface area contributed by atoms with Crippen LogP contribution in [-0.2, 0) is 20.7 Å². The van der Waals surface area contributed by atoms with E-state index >= 15 is 0 Å². The van der Waals surface area contributed by atoms with Crippen molar-refractivity contribution >= 4 is 45.6 Å². The number of Topliss-reactive ketones (excluding diaryl/α,β-unsaturated/α-hetero) is 2. The summed E-state index contributed by atoms with van der Waals surface area (Å²) in [5.41, 5.74) is -0.359. The normalized spacial score (nSPS) is 11.0. The van der Waals surface area contributed by atoms with E-state index in [1.54, 1.807) is 31.2 Å². The second-order valence-corrected chi connectivity index (χ2v) is 13.3. The van der Waals surface area contributed by atoms with Crippen LogP contribution in [0.3, 0.4) is 0 Å². The van der Waals surface area contributed by atoms with Gasteiger partial charge in [0, 0.05) is 18.6 Å². The van der Waals surface area contributed by atoms with Gasteiger partial charge in [0.25, 0.3) is 0 Å². The summed E-state index contributed by atoms with van der Waals surface area (Å²) in [6.45, 7) is 4.53. The second-order valence-electron chi connectivity index (χ2n) is 13.3. The SMILES string of the molecule is CC(=O)c1c(O)cccc1OCC(F)COc1cccc(O)c1C(C)=O.CCOC(=O)c1cc(=O)c2c(OCC(F)COc3cccc4oc(CC)cc(=O)c34)cccc2o1.O=C=O. The van der Waals surface area contributed by atoms with Gasteiger partial charge in [0.2, 0.25) is 5.76 Å². The number of halogens is 2. The standard InChI is InChI=1S/C26H23FO8.C19H19FO6.CO2/c1-3-16-11-17(28)24-19(7-5-9-21(24)34-16)32-13-15(27)14-33-20-8-6-10-22-25(20)18(29)12-23(35-22)26(30)31-4-2;1-11(21)18-14(23)5-3-7-16(18)25-9-13(20)10-26-17-8-4-6-15(24)19(17)12(2)22;2-1-3/h5-12,15H,3-4,13-14H2,1-2H3;3-8,13,23-24H,9-10H2,1-2H3;. The number of ketones is 2. The van der Waals surface area contributed by atoms with Crippen LogP contribution in [0, 0.1) is 0 Å². The van der Waals surface area contributed by atoms with Crippen LogP contribution in [0.5, 0.6) is 34.5 Å². The van der Waals surface area contributed by atoms with Crippen LogP contribution in [0.15, 0.2) is 103 Å². The molecule has 0 aliphatic rings. The Bertz CT molecular complexity index is 2690. The van der Waals surface area contributed by atoms with E-state index in [0.717, 1.165) is 6.07 Å². The molecule has 16 nitrogen and oxygen atoms in total. The maximum Gasteiger partial charge on any atom is 0.374 e. The Hall–Kier alpha value is -7.85. The van der Waals surface area contributed by atoms with Crippen LogP contribution in [0.2, 0.25) is 0 Å². The number of phenolic OH excluding ortho intramolecular Hbond substituents is 2. The van der Waals surface area contributed by atoms with E-state index in [9.17, 15) is 43.0 Å². The van der Waals surface area contributed by atoms with E-state index in [-0.39, 0.29) is 92.5 Å². The molecule has 0 amide bonds. The van der Waals surface area contributed by atoms with Crippen molar-refractivity contribution in [3.63, 3.8) is 0 Å². The van der Waals surface area contributed by atoms with E-state index in [0.29, 0.717) is 17.8 Å². The summed E-state index contributed by atoms with van der Waals surface area (Å²) in [6, 6.07) is 20.4. The van der Waals surface area contributed by atoms with Gasteiger partial charge in [-0.25, -0.2) is 13.6 Å². The van der Waals surface area contributed by atoms with Gasteiger partial charge < -0.3 is 42.7 Å². The van der Waals surface area contributed by atoms with Gasteiger partial charge in [0.15, 0.2) is 34.8 Å². The molecule has 0 saturated heterocycles. The lowest BCUT2D eigenvalue weighted by molar-refractivity contribution is -0.191. The first-order chi connectivity index (χ1) is 30.6. The van der Waals surface area contributed by atoms with Gasteiger partial charge in [-0.1, -0.05) is 31.2 Å². The molecule has 6 aromatic rings. The van der Waals surface area contributed by atoms with Gasteiger partial charge in [-0.05, 0) is 69.3 Å². The number of alkyl halides is 2. The highest BCUT2D eigenvalue weighted by molar-refractivity contribution is 6.00. The van der Waals surface area contributed by atoms with Crippen LogP contribution < -0.4 is 29.8 Å². The Morgan fingerprint density at radius 2 is 1.02 bits per heavy atom. The van der Waals surface area contributed by atoms with Crippen LogP contribution in [0.25, 0.3) is 21.9 Å². The number of fused-ring (bicyclic) bond motifs is 2. The van der Waals surface area contributed by atoms with Crippen molar-refractivity contribution < 1.29 is 75.5 Å². The molecule has 18 heteroatoms. The molecule has 1 unspecified atom stereocenters.